The van der Waals surface area contributed by atoms with Crippen molar-refractivity contribution in [1.29, 1.82) is 0 Å². The van der Waals surface area contributed by atoms with Crippen LogP contribution in [0.15, 0.2) is 24.3 Å². The number of hydrogen-bond acceptors (Lipinski definition) is 5. The monoisotopic (exact) mass is 427 g/mol. The minimum atomic E-state index is -3.09. The molecule has 1 saturated heterocycles. The number of rotatable bonds is 6. The van der Waals surface area contributed by atoms with Gasteiger partial charge in [-0.2, -0.15) is 0 Å². The van der Waals surface area contributed by atoms with Crippen LogP contribution in [0.1, 0.15) is 44.6 Å². The zero-order valence-corrected chi connectivity index (χ0v) is 17.6. The van der Waals surface area contributed by atoms with Gasteiger partial charge < -0.3 is 9.64 Å². The first-order valence-electron chi connectivity index (χ1n) is 9.70. The van der Waals surface area contributed by atoms with Crippen molar-refractivity contribution in [3.8, 4) is 0 Å². The molecule has 1 aromatic carbocycles. The van der Waals surface area contributed by atoms with Gasteiger partial charge >= 0.3 is 5.97 Å². The number of nitrogens with zero attached hydrogens (tertiary/aromatic N) is 1. The normalized spacial score (nSPS) is 22.7. The molecular weight excluding hydrogens is 402 g/mol. The summed E-state index contributed by atoms with van der Waals surface area (Å²) in [6.45, 7) is 1.83. The molecule has 1 aliphatic heterocycles. The third kappa shape index (κ3) is 4.35. The van der Waals surface area contributed by atoms with E-state index < -0.39 is 21.2 Å². The van der Waals surface area contributed by atoms with Gasteiger partial charge in [0.2, 0.25) is 0 Å². The molecule has 8 heteroatoms. The Balaban J connectivity index is 1.67. The fourth-order valence-corrected chi connectivity index (χ4v) is 6.22. The molecule has 1 aliphatic carbocycles. The van der Waals surface area contributed by atoms with E-state index in [9.17, 15) is 18.0 Å². The third-order valence-corrected chi connectivity index (χ3v) is 7.88. The van der Waals surface area contributed by atoms with Gasteiger partial charge in [-0.05, 0) is 43.9 Å². The number of sulfone groups is 1. The Hall–Kier alpha value is -1.60. The SMILES string of the molecule is CCN(C(=O)COC(=O)C1(c2ccc(Cl)cc2)CCCC1)C1CCS(=O)(=O)C1. The molecule has 1 saturated carbocycles. The van der Waals surface area contributed by atoms with Crippen molar-refractivity contribution in [3.05, 3.63) is 34.9 Å². The van der Waals surface area contributed by atoms with Crippen LogP contribution in [0.3, 0.4) is 0 Å². The highest BCUT2D eigenvalue weighted by atomic mass is 35.5. The van der Waals surface area contributed by atoms with E-state index in [1.165, 1.54) is 4.90 Å². The summed E-state index contributed by atoms with van der Waals surface area (Å²) in [5, 5.41) is 0.602. The Morgan fingerprint density at radius 3 is 2.39 bits per heavy atom. The molecule has 2 aliphatic rings. The first-order valence-corrected chi connectivity index (χ1v) is 11.9. The topological polar surface area (TPSA) is 80.8 Å². The van der Waals surface area contributed by atoms with Crippen LogP contribution in [-0.4, -0.2) is 55.9 Å². The summed E-state index contributed by atoms with van der Waals surface area (Å²) in [6.07, 6.45) is 3.64. The average Bonchev–Trinajstić information content (AvgIpc) is 3.28. The molecule has 1 atom stereocenters. The molecule has 0 bridgehead atoms. The van der Waals surface area contributed by atoms with Crippen molar-refractivity contribution in [2.75, 3.05) is 24.7 Å². The van der Waals surface area contributed by atoms with E-state index in [2.05, 4.69) is 0 Å². The molecule has 2 fully saturated rings. The molecule has 28 heavy (non-hydrogen) atoms. The Bertz CT molecular complexity index is 831. The quantitative estimate of drug-likeness (QED) is 0.652. The van der Waals surface area contributed by atoms with Gasteiger partial charge in [0, 0.05) is 17.6 Å². The van der Waals surface area contributed by atoms with Gasteiger partial charge in [0.1, 0.15) is 0 Å². The molecule has 3 rings (SSSR count). The van der Waals surface area contributed by atoms with Crippen molar-refractivity contribution in [1.82, 2.24) is 4.90 Å². The van der Waals surface area contributed by atoms with E-state index in [0.717, 1.165) is 18.4 Å². The highest BCUT2D eigenvalue weighted by molar-refractivity contribution is 7.91. The number of hydrogen-bond donors (Lipinski definition) is 0. The van der Waals surface area contributed by atoms with Crippen LogP contribution in [0.2, 0.25) is 5.02 Å². The summed E-state index contributed by atoms with van der Waals surface area (Å²) in [5.74, 6) is -0.658. The van der Waals surface area contributed by atoms with Gasteiger partial charge in [0.25, 0.3) is 5.91 Å². The Labute approximate surface area is 171 Å². The molecule has 0 aromatic heterocycles. The maximum Gasteiger partial charge on any atom is 0.317 e. The Kier molecular flexibility index (Phi) is 6.34. The number of halogens is 1. The minimum Gasteiger partial charge on any atom is -0.455 e. The van der Waals surface area contributed by atoms with Gasteiger partial charge in [0.15, 0.2) is 16.4 Å². The van der Waals surface area contributed by atoms with E-state index in [1.807, 2.05) is 12.1 Å². The van der Waals surface area contributed by atoms with Crippen molar-refractivity contribution in [2.24, 2.45) is 0 Å². The van der Waals surface area contributed by atoms with Crippen LogP contribution in [0.25, 0.3) is 0 Å². The number of likely N-dealkylation sites (N-methyl/N-ethyl adjacent to an activating group) is 1. The molecule has 1 aromatic rings. The van der Waals surface area contributed by atoms with Crippen molar-refractivity contribution >= 4 is 33.3 Å². The summed E-state index contributed by atoms with van der Waals surface area (Å²) in [7, 11) is -3.09. The summed E-state index contributed by atoms with van der Waals surface area (Å²) >= 11 is 5.97. The van der Waals surface area contributed by atoms with E-state index in [4.69, 9.17) is 16.3 Å². The molecule has 1 unspecified atom stereocenters. The van der Waals surface area contributed by atoms with Crippen LogP contribution in [0, 0.1) is 0 Å². The predicted octanol–water partition coefficient (Wildman–Crippen LogP) is 2.73. The number of esters is 1. The highest BCUT2D eigenvalue weighted by Gasteiger charge is 2.44. The number of ether oxygens (including phenoxy) is 1. The molecule has 154 valence electrons. The minimum absolute atomic E-state index is 0.0186. The molecule has 6 nitrogen and oxygen atoms in total. The zero-order valence-electron chi connectivity index (χ0n) is 16.0. The lowest BCUT2D eigenvalue weighted by molar-refractivity contribution is -0.157. The fraction of sp³-hybridized carbons (Fsp3) is 0.600. The van der Waals surface area contributed by atoms with Crippen LogP contribution in [0.4, 0.5) is 0 Å². The van der Waals surface area contributed by atoms with Crippen LogP contribution in [-0.2, 0) is 29.6 Å². The summed E-state index contributed by atoms with van der Waals surface area (Å²) in [6, 6.07) is 6.87. The van der Waals surface area contributed by atoms with Gasteiger partial charge in [-0.15, -0.1) is 0 Å². The van der Waals surface area contributed by atoms with Crippen molar-refractivity contribution in [2.45, 2.75) is 50.5 Å². The maximum absolute atomic E-state index is 13.0. The molecular formula is C20H26ClNO5S. The zero-order chi connectivity index (χ0) is 20.4. The molecule has 0 radical (unpaired) electrons. The second kappa shape index (κ2) is 8.41. The average molecular weight is 428 g/mol. The lowest BCUT2D eigenvalue weighted by Gasteiger charge is -2.29. The van der Waals surface area contributed by atoms with E-state index in [-0.39, 0.29) is 30.1 Å². The Morgan fingerprint density at radius 2 is 1.86 bits per heavy atom. The van der Waals surface area contributed by atoms with E-state index in [0.29, 0.717) is 30.8 Å². The van der Waals surface area contributed by atoms with Gasteiger partial charge in [-0.1, -0.05) is 36.6 Å². The summed E-state index contributed by atoms with van der Waals surface area (Å²) in [5.41, 5.74) is 0.125. The Morgan fingerprint density at radius 1 is 1.21 bits per heavy atom. The second-order valence-corrected chi connectivity index (χ2v) is 10.3. The predicted molar refractivity (Wildman–Crippen MR) is 107 cm³/mol. The molecule has 1 amide bonds. The van der Waals surface area contributed by atoms with Crippen LogP contribution in [0.5, 0.6) is 0 Å². The first-order chi connectivity index (χ1) is 13.3. The molecule has 0 spiro atoms. The summed E-state index contributed by atoms with van der Waals surface area (Å²) in [4.78, 5) is 27.1. The number of carbonyl (C=O) groups is 2. The highest BCUT2D eigenvalue weighted by Crippen LogP contribution is 2.42. The maximum atomic E-state index is 13.0. The van der Waals surface area contributed by atoms with E-state index in [1.54, 1.807) is 19.1 Å². The lowest BCUT2D eigenvalue weighted by atomic mass is 9.79. The van der Waals surface area contributed by atoms with Gasteiger partial charge in [0.05, 0.1) is 16.9 Å². The van der Waals surface area contributed by atoms with E-state index >= 15 is 0 Å². The first kappa shape index (κ1) is 21.1. The largest absolute Gasteiger partial charge is 0.455 e. The summed E-state index contributed by atoms with van der Waals surface area (Å²) < 4.78 is 28.9. The fourth-order valence-electron chi connectivity index (χ4n) is 4.37. The standard InChI is InChI=1S/C20H26ClNO5S/c1-2-22(17-9-12-28(25,26)14-17)18(23)13-27-19(24)20(10-3-4-11-20)15-5-7-16(21)8-6-15/h5-8,17H,2-4,9-14H2,1H3. The molecule has 0 N–H and O–H groups in total. The van der Waals surface area contributed by atoms with Crippen LogP contribution < -0.4 is 0 Å². The lowest BCUT2D eigenvalue weighted by Crippen LogP contribution is -2.44. The second-order valence-electron chi connectivity index (χ2n) is 7.61. The van der Waals surface area contributed by atoms with Gasteiger partial charge in [-0.25, -0.2) is 8.42 Å². The number of benzene rings is 1. The smallest absolute Gasteiger partial charge is 0.317 e. The number of amides is 1. The number of carbonyl (C=O) groups excluding carboxylic acids is 2. The van der Waals surface area contributed by atoms with Crippen molar-refractivity contribution < 1.29 is 22.7 Å². The third-order valence-electron chi connectivity index (χ3n) is 5.88. The van der Waals surface area contributed by atoms with Crippen LogP contribution >= 0.6 is 11.6 Å². The molecule has 1 heterocycles. The van der Waals surface area contributed by atoms with Gasteiger partial charge in [-0.3, -0.25) is 9.59 Å². The van der Waals surface area contributed by atoms with Crippen molar-refractivity contribution in [3.63, 3.8) is 0 Å².